The van der Waals surface area contributed by atoms with E-state index < -0.39 is 11.9 Å². The number of benzene rings is 1. The first-order valence-corrected chi connectivity index (χ1v) is 6.58. The highest BCUT2D eigenvalue weighted by Gasteiger charge is 2.14. The standard InChI is InChI=1S/C12H14BrNO5/c1-9(15)18-14(19-10(2)16)17-8-12-6-4-3-5-11(12)7-13/h3-6H,7-8H2,1-2H3. The van der Waals surface area contributed by atoms with Crippen molar-refractivity contribution in [3.05, 3.63) is 35.4 Å². The molecule has 0 unspecified atom stereocenters. The Morgan fingerprint density at radius 1 is 1.11 bits per heavy atom. The molecular formula is C12H14BrNO5. The van der Waals surface area contributed by atoms with E-state index in [9.17, 15) is 9.59 Å². The summed E-state index contributed by atoms with van der Waals surface area (Å²) in [7, 11) is 0. The first kappa shape index (κ1) is 15.6. The Morgan fingerprint density at radius 2 is 1.63 bits per heavy atom. The van der Waals surface area contributed by atoms with E-state index >= 15 is 0 Å². The molecule has 1 aromatic carbocycles. The van der Waals surface area contributed by atoms with Crippen molar-refractivity contribution in [1.29, 1.82) is 0 Å². The Morgan fingerprint density at radius 3 is 2.11 bits per heavy atom. The van der Waals surface area contributed by atoms with Gasteiger partial charge in [0.05, 0.1) is 0 Å². The minimum absolute atomic E-state index is 0.0995. The fraction of sp³-hybridized carbons (Fsp3) is 0.333. The van der Waals surface area contributed by atoms with Crippen LogP contribution in [-0.4, -0.2) is 17.3 Å². The van der Waals surface area contributed by atoms with Crippen LogP contribution in [0, 0.1) is 0 Å². The second kappa shape index (κ2) is 7.88. The van der Waals surface area contributed by atoms with Gasteiger partial charge >= 0.3 is 11.9 Å². The van der Waals surface area contributed by atoms with Gasteiger partial charge in [0.25, 0.3) is 0 Å². The van der Waals surface area contributed by atoms with Crippen molar-refractivity contribution >= 4 is 27.9 Å². The zero-order chi connectivity index (χ0) is 14.3. The van der Waals surface area contributed by atoms with Crippen molar-refractivity contribution in [1.82, 2.24) is 5.39 Å². The lowest BCUT2D eigenvalue weighted by Gasteiger charge is -2.17. The third-order valence-electron chi connectivity index (χ3n) is 1.99. The lowest BCUT2D eigenvalue weighted by molar-refractivity contribution is -0.489. The summed E-state index contributed by atoms with van der Waals surface area (Å²) < 4.78 is 0. The molecule has 0 heterocycles. The van der Waals surface area contributed by atoms with Crippen molar-refractivity contribution < 1.29 is 24.1 Å². The number of hydrogen-bond acceptors (Lipinski definition) is 6. The monoisotopic (exact) mass is 331 g/mol. The molecule has 0 bridgehead atoms. The normalized spacial score (nSPS) is 10.3. The molecule has 0 saturated heterocycles. The van der Waals surface area contributed by atoms with Gasteiger partial charge in [-0.15, -0.1) is 0 Å². The average Bonchev–Trinajstić information content (AvgIpc) is 2.35. The highest BCUT2D eigenvalue weighted by molar-refractivity contribution is 9.08. The third kappa shape index (κ3) is 5.82. The highest BCUT2D eigenvalue weighted by atomic mass is 79.9. The SMILES string of the molecule is CC(=O)ON(OCc1ccccc1CBr)OC(C)=O. The molecule has 104 valence electrons. The number of rotatable bonds is 6. The van der Waals surface area contributed by atoms with Crippen molar-refractivity contribution in [3.63, 3.8) is 0 Å². The minimum atomic E-state index is -0.657. The van der Waals surface area contributed by atoms with Crippen LogP contribution in [0.15, 0.2) is 24.3 Å². The van der Waals surface area contributed by atoms with Gasteiger partial charge < -0.3 is 9.68 Å². The lowest BCUT2D eigenvalue weighted by atomic mass is 10.1. The Labute approximate surface area is 119 Å². The Balaban J connectivity index is 2.64. The first-order valence-electron chi connectivity index (χ1n) is 5.45. The molecule has 0 amide bonds. The summed E-state index contributed by atoms with van der Waals surface area (Å²) in [4.78, 5) is 35.9. The molecule has 0 saturated carbocycles. The second-order valence-corrected chi connectivity index (χ2v) is 4.13. The van der Waals surface area contributed by atoms with Crippen LogP contribution in [0.25, 0.3) is 0 Å². The predicted octanol–water partition coefficient (Wildman–Crippen LogP) is 2.27. The summed E-state index contributed by atoms with van der Waals surface area (Å²) >= 11 is 3.36. The molecule has 0 aromatic heterocycles. The summed E-state index contributed by atoms with van der Waals surface area (Å²) in [6, 6.07) is 7.54. The number of hydrogen-bond donors (Lipinski definition) is 0. The van der Waals surface area contributed by atoms with Gasteiger partial charge in [0.2, 0.25) is 0 Å². The number of nitrogens with zero attached hydrogens (tertiary/aromatic N) is 1. The summed E-state index contributed by atoms with van der Waals surface area (Å²) in [6.07, 6.45) is 0. The van der Waals surface area contributed by atoms with Crippen LogP contribution in [0.1, 0.15) is 25.0 Å². The van der Waals surface area contributed by atoms with E-state index in [1.165, 1.54) is 13.8 Å². The Hall–Kier alpha value is -1.44. The van der Waals surface area contributed by atoms with Crippen LogP contribution in [-0.2, 0) is 36.0 Å². The molecule has 19 heavy (non-hydrogen) atoms. The molecule has 0 aliphatic heterocycles. The van der Waals surface area contributed by atoms with Crippen molar-refractivity contribution in [2.75, 3.05) is 0 Å². The first-order chi connectivity index (χ1) is 9.02. The zero-order valence-electron chi connectivity index (χ0n) is 10.6. The van der Waals surface area contributed by atoms with Crippen LogP contribution in [0.4, 0.5) is 0 Å². The smallest absolute Gasteiger partial charge is 0.310 e. The molecule has 7 heteroatoms. The molecule has 1 rings (SSSR count). The molecule has 0 aliphatic rings. The predicted molar refractivity (Wildman–Crippen MR) is 69.2 cm³/mol. The fourth-order valence-corrected chi connectivity index (χ4v) is 1.78. The third-order valence-corrected chi connectivity index (χ3v) is 2.60. The van der Waals surface area contributed by atoms with E-state index in [2.05, 4.69) is 25.6 Å². The van der Waals surface area contributed by atoms with E-state index in [0.29, 0.717) is 10.7 Å². The Kier molecular flexibility index (Phi) is 6.48. The second-order valence-electron chi connectivity index (χ2n) is 3.57. The summed E-state index contributed by atoms with van der Waals surface area (Å²) in [5, 5.41) is 1.07. The number of carbonyl (C=O) groups is 2. The van der Waals surface area contributed by atoms with Gasteiger partial charge in [-0.3, -0.25) is 9.59 Å². The maximum atomic E-state index is 10.8. The maximum Gasteiger partial charge on any atom is 0.328 e. The molecule has 0 radical (unpaired) electrons. The van der Waals surface area contributed by atoms with E-state index in [1.807, 2.05) is 24.3 Å². The number of halogens is 1. The van der Waals surface area contributed by atoms with E-state index in [-0.39, 0.29) is 6.61 Å². The molecule has 1 aromatic rings. The molecule has 0 aliphatic carbocycles. The van der Waals surface area contributed by atoms with Crippen LogP contribution >= 0.6 is 15.9 Å². The molecule has 6 nitrogen and oxygen atoms in total. The highest BCUT2D eigenvalue weighted by Crippen LogP contribution is 2.14. The van der Waals surface area contributed by atoms with Gasteiger partial charge in [0.1, 0.15) is 6.61 Å². The van der Waals surface area contributed by atoms with Crippen molar-refractivity contribution in [2.24, 2.45) is 0 Å². The maximum absolute atomic E-state index is 10.8. The Bertz CT molecular complexity index is 436. The largest absolute Gasteiger partial charge is 0.328 e. The van der Waals surface area contributed by atoms with Gasteiger partial charge in [-0.1, -0.05) is 40.2 Å². The average molecular weight is 332 g/mol. The van der Waals surface area contributed by atoms with Crippen LogP contribution in [0.3, 0.4) is 0 Å². The number of alkyl halides is 1. The lowest BCUT2D eigenvalue weighted by Crippen LogP contribution is -2.29. The van der Waals surface area contributed by atoms with Gasteiger partial charge in [0, 0.05) is 19.2 Å². The minimum Gasteiger partial charge on any atom is -0.310 e. The van der Waals surface area contributed by atoms with Crippen LogP contribution in [0.5, 0.6) is 0 Å². The molecule has 0 spiro atoms. The quantitative estimate of drug-likeness (QED) is 0.588. The zero-order valence-corrected chi connectivity index (χ0v) is 12.2. The summed E-state index contributed by atoms with van der Waals surface area (Å²) in [5.41, 5.74) is 1.90. The van der Waals surface area contributed by atoms with Gasteiger partial charge in [-0.05, 0) is 11.1 Å². The number of carbonyl (C=O) groups excluding carboxylic acids is 2. The summed E-state index contributed by atoms with van der Waals surface area (Å²) in [5.74, 6) is -1.31. The topological polar surface area (TPSA) is 65.1 Å². The van der Waals surface area contributed by atoms with Crippen LogP contribution < -0.4 is 0 Å². The van der Waals surface area contributed by atoms with Gasteiger partial charge in [-0.25, -0.2) is 4.84 Å². The fourth-order valence-electron chi connectivity index (χ4n) is 1.23. The van der Waals surface area contributed by atoms with Crippen LogP contribution in [0.2, 0.25) is 0 Å². The van der Waals surface area contributed by atoms with E-state index in [1.54, 1.807) is 0 Å². The van der Waals surface area contributed by atoms with E-state index in [0.717, 1.165) is 11.1 Å². The molecule has 0 N–H and O–H groups in total. The van der Waals surface area contributed by atoms with E-state index in [4.69, 9.17) is 4.84 Å². The summed E-state index contributed by atoms with van der Waals surface area (Å²) in [6.45, 7) is 2.45. The van der Waals surface area contributed by atoms with Crippen molar-refractivity contribution in [3.8, 4) is 0 Å². The van der Waals surface area contributed by atoms with Gasteiger partial charge in [-0.2, -0.15) is 0 Å². The molecular weight excluding hydrogens is 318 g/mol. The molecule has 0 fully saturated rings. The molecule has 0 atom stereocenters. The van der Waals surface area contributed by atoms with Gasteiger partial charge in [0.15, 0.2) is 5.39 Å². The van der Waals surface area contributed by atoms with Crippen molar-refractivity contribution in [2.45, 2.75) is 25.8 Å².